The molecule has 7 heteroatoms. The molecule has 2 fully saturated rings. The van der Waals surface area contributed by atoms with Gasteiger partial charge >= 0.3 is 0 Å². The summed E-state index contributed by atoms with van der Waals surface area (Å²) in [4.78, 5) is 22.9. The second-order valence-corrected chi connectivity index (χ2v) is 6.58. The zero-order chi connectivity index (χ0) is 14.9. The first-order valence-corrected chi connectivity index (χ1v) is 8.37. The Labute approximate surface area is 132 Å². The number of amides is 1. The summed E-state index contributed by atoms with van der Waals surface area (Å²) in [6, 6.07) is 5.66. The number of likely N-dealkylation sites (tertiary alicyclic amines) is 1. The average Bonchev–Trinajstić information content (AvgIpc) is 3.13. The Morgan fingerprint density at radius 1 is 1.32 bits per heavy atom. The Balaban J connectivity index is 1.36. The number of hydrogen-bond acceptors (Lipinski definition) is 6. The van der Waals surface area contributed by atoms with Gasteiger partial charge in [-0.05, 0) is 31.4 Å². The number of nitrogens with zero attached hydrogens (tertiary/aromatic N) is 4. The molecule has 22 heavy (non-hydrogen) atoms. The molecule has 0 bridgehead atoms. The fourth-order valence-corrected chi connectivity index (χ4v) is 3.41. The lowest BCUT2D eigenvalue weighted by molar-refractivity contribution is 0.0786. The van der Waals surface area contributed by atoms with Crippen LogP contribution in [0.15, 0.2) is 24.4 Å². The van der Waals surface area contributed by atoms with Gasteiger partial charge in [0.15, 0.2) is 0 Å². The van der Waals surface area contributed by atoms with E-state index in [-0.39, 0.29) is 11.9 Å². The Morgan fingerprint density at radius 3 is 3.00 bits per heavy atom. The summed E-state index contributed by atoms with van der Waals surface area (Å²) in [5.41, 5.74) is 0.509. The highest BCUT2D eigenvalue weighted by Gasteiger charge is 2.30. The van der Waals surface area contributed by atoms with Gasteiger partial charge in [0, 0.05) is 42.8 Å². The van der Waals surface area contributed by atoms with Crippen molar-refractivity contribution in [3.63, 3.8) is 0 Å². The molecule has 1 saturated heterocycles. The number of anilines is 1. The average molecular weight is 315 g/mol. The van der Waals surface area contributed by atoms with Crippen LogP contribution in [-0.4, -0.2) is 44.3 Å². The Kier molecular flexibility index (Phi) is 3.49. The van der Waals surface area contributed by atoms with E-state index in [2.05, 4.69) is 19.7 Å². The van der Waals surface area contributed by atoms with Crippen LogP contribution >= 0.6 is 11.5 Å². The third kappa shape index (κ3) is 2.81. The zero-order valence-corrected chi connectivity index (χ0v) is 12.9. The van der Waals surface area contributed by atoms with Crippen LogP contribution in [0.1, 0.15) is 41.5 Å². The fraction of sp³-hybridized carbons (Fsp3) is 0.467. The fourth-order valence-electron chi connectivity index (χ4n) is 2.69. The summed E-state index contributed by atoms with van der Waals surface area (Å²) < 4.78 is 4.40. The van der Waals surface area contributed by atoms with Crippen molar-refractivity contribution >= 4 is 22.6 Å². The summed E-state index contributed by atoms with van der Waals surface area (Å²) in [6.07, 6.45) is 5.01. The van der Waals surface area contributed by atoms with Crippen molar-refractivity contribution < 1.29 is 4.79 Å². The van der Waals surface area contributed by atoms with Crippen molar-refractivity contribution in [3.05, 3.63) is 35.9 Å². The predicted octanol–water partition coefficient (Wildman–Crippen LogP) is 2.14. The van der Waals surface area contributed by atoms with Crippen LogP contribution in [0.3, 0.4) is 0 Å². The number of aromatic nitrogens is 3. The van der Waals surface area contributed by atoms with Gasteiger partial charge in [-0.25, -0.2) is 4.98 Å². The van der Waals surface area contributed by atoms with E-state index in [0.717, 1.165) is 23.9 Å². The van der Waals surface area contributed by atoms with Gasteiger partial charge in [-0.15, -0.1) is 0 Å². The molecule has 1 aliphatic carbocycles. The van der Waals surface area contributed by atoms with Crippen LogP contribution in [0.2, 0.25) is 0 Å². The van der Waals surface area contributed by atoms with Crippen molar-refractivity contribution in [3.8, 4) is 0 Å². The minimum atomic E-state index is 0.000771. The van der Waals surface area contributed by atoms with Gasteiger partial charge in [0.2, 0.25) is 5.13 Å². The number of nitrogens with one attached hydrogen (secondary N) is 1. The van der Waals surface area contributed by atoms with Crippen LogP contribution in [0.4, 0.5) is 5.13 Å². The van der Waals surface area contributed by atoms with Crippen molar-refractivity contribution in [2.45, 2.75) is 31.2 Å². The van der Waals surface area contributed by atoms with Crippen molar-refractivity contribution in [2.75, 3.05) is 18.4 Å². The number of hydrogen-bond donors (Lipinski definition) is 1. The summed E-state index contributed by atoms with van der Waals surface area (Å²) in [6.45, 7) is 1.44. The molecule has 3 heterocycles. The quantitative estimate of drug-likeness (QED) is 0.936. The molecular formula is C15H17N5OS. The van der Waals surface area contributed by atoms with Gasteiger partial charge in [-0.1, -0.05) is 6.07 Å². The van der Waals surface area contributed by atoms with Crippen LogP contribution in [0.25, 0.3) is 0 Å². The Bertz CT molecular complexity index is 670. The Morgan fingerprint density at radius 2 is 2.23 bits per heavy atom. The molecule has 2 aromatic rings. The largest absolute Gasteiger partial charge is 0.356 e. The normalized spacial score (nSPS) is 21.1. The topological polar surface area (TPSA) is 71.0 Å². The standard InChI is InChI=1S/C15H17N5OS/c21-14(12-3-1-2-7-16-12)20-8-6-11(9-20)17-15-18-13(19-22-15)10-4-5-10/h1-3,7,10-11H,4-6,8-9H2,(H,17,18,19)/t11-/m0/s1. The lowest BCUT2D eigenvalue weighted by Gasteiger charge is -2.16. The zero-order valence-electron chi connectivity index (χ0n) is 12.1. The summed E-state index contributed by atoms with van der Waals surface area (Å²) in [7, 11) is 0. The van der Waals surface area contributed by atoms with Gasteiger partial charge in [0.1, 0.15) is 11.5 Å². The maximum Gasteiger partial charge on any atom is 0.272 e. The second-order valence-electron chi connectivity index (χ2n) is 5.83. The molecule has 0 aromatic carbocycles. The van der Waals surface area contributed by atoms with Crippen LogP contribution in [0.5, 0.6) is 0 Å². The lowest BCUT2D eigenvalue weighted by Crippen LogP contribution is -2.32. The van der Waals surface area contributed by atoms with E-state index >= 15 is 0 Å². The van der Waals surface area contributed by atoms with Gasteiger partial charge in [-0.2, -0.15) is 4.37 Å². The minimum Gasteiger partial charge on any atom is -0.356 e. The molecular weight excluding hydrogens is 298 g/mol. The number of carbonyl (C=O) groups is 1. The SMILES string of the molecule is O=C(c1ccccn1)N1CC[C@H](Nc2nc(C3CC3)ns2)C1. The number of pyridine rings is 1. The summed E-state index contributed by atoms with van der Waals surface area (Å²) >= 11 is 1.42. The second kappa shape index (κ2) is 5.64. The molecule has 4 rings (SSSR count). The van der Waals surface area contributed by atoms with Crippen LogP contribution < -0.4 is 5.32 Å². The first-order valence-electron chi connectivity index (χ1n) is 7.60. The molecule has 1 saturated carbocycles. The molecule has 1 atom stereocenters. The molecule has 114 valence electrons. The van der Waals surface area contributed by atoms with E-state index in [1.165, 1.54) is 24.4 Å². The molecule has 1 N–H and O–H groups in total. The predicted molar refractivity (Wildman–Crippen MR) is 84.1 cm³/mol. The van der Waals surface area contributed by atoms with E-state index < -0.39 is 0 Å². The minimum absolute atomic E-state index is 0.000771. The smallest absolute Gasteiger partial charge is 0.272 e. The molecule has 0 spiro atoms. The molecule has 0 unspecified atom stereocenters. The van der Waals surface area contributed by atoms with E-state index in [9.17, 15) is 4.79 Å². The highest BCUT2D eigenvalue weighted by molar-refractivity contribution is 7.09. The number of rotatable bonds is 4. The molecule has 0 radical (unpaired) electrons. The lowest BCUT2D eigenvalue weighted by atomic mass is 10.3. The van der Waals surface area contributed by atoms with E-state index in [0.29, 0.717) is 18.2 Å². The molecule has 6 nitrogen and oxygen atoms in total. The first-order chi connectivity index (χ1) is 10.8. The maximum atomic E-state index is 12.4. The Hall–Kier alpha value is -2.02. The highest BCUT2D eigenvalue weighted by Crippen LogP contribution is 2.39. The van der Waals surface area contributed by atoms with Crippen LogP contribution in [0, 0.1) is 0 Å². The van der Waals surface area contributed by atoms with Gasteiger partial charge in [0.25, 0.3) is 5.91 Å². The molecule has 2 aromatic heterocycles. The van der Waals surface area contributed by atoms with E-state index in [1.807, 2.05) is 17.0 Å². The summed E-state index contributed by atoms with van der Waals surface area (Å²) in [5, 5.41) is 4.28. The molecule has 1 aliphatic heterocycles. The first kappa shape index (κ1) is 13.6. The van der Waals surface area contributed by atoms with Crippen molar-refractivity contribution in [1.29, 1.82) is 0 Å². The number of carbonyl (C=O) groups excluding carboxylic acids is 1. The maximum absolute atomic E-state index is 12.4. The van der Waals surface area contributed by atoms with Crippen molar-refractivity contribution in [2.24, 2.45) is 0 Å². The third-order valence-electron chi connectivity index (χ3n) is 4.07. The monoisotopic (exact) mass is 315 g/mol. The third-order valence-corrected chi connectivity index (χ3v) is 4.73. The van der Waals surface area contributed by atoms with Crippen molar-refractivity contribution in [1.82, 2.24) is 19.2 Å². The molecule has 2 aliphatic rings. The van der Waals surface area contributed by atoms with Gasteiger partial charge < -0.3 is 10.2 Å². The molecule has 1 amide bonds. The highest BCUT2D eigenvalue weighted by atomic mass is 32.1. The van der Waals surface area contributed by atoms with Crippen LogP contribution in [-0.2, 0) is 0 Å². The summed E-state index contributed by atoms with van der Waals surface area (Å²) in [5.74, 6) is 1.56. The van der Waals surface area contributed by atoms with Gasteiger partial charge in [0.05, 0.1) is 0 Å². The van der Waals surface area contributed by atoms with E-state index in [4.69, 9.17) is 0 Å². The van der Waals surface area contributed by atoms with E-state index in [1.54, 1.807) is 12.3 Å². The van der Waals surface area contributed by atoms with Gasteiger partial charge in [-0.3, -0.25) is 9.78 Å².